The third-order valence-electron chi connectivity index (χ3n) is 23.6. The molecule has 6 N–H and O–H groups in total. The van der Waals surface area contributed by atoms with Gasteiger partial charge in [0.2, 0.25) is 0 Å². The second kappa shape index (κ2) is 59.8. The SMILES string of the molecule is C=CC(=O)OCCCCCCOc1ccc(OC(=O)C2CCC(C(=O)Oc3ccc(C4CCC(CCC)CC4)cc3C=N)CC2)cc1.C=CC(=O)OCCCCCCOc1ccc(OC(=O)C2CCC(C(=O)Oc3ccc(C4CCC(CCC)CC4)cc3C=O)CC2)cc1.COCCOCCNc1nc2ccccc2s1.COCCOCCNc1nc2ccccc2s1.N. The highest BCUT2D eigenvalue weighted by Gasteiger charge is 2.35. The molecule has 4 aliphatic carbocycles. The van der Waals surface area contributed by atoms with E-state index < -0.39 is 11.9 Å². The van der Waals surface area contributed by atoms with Crippen LogP contribution in [0.5, 0.6) is 34.5 Å². The smallest absolute Gasteiger partial charge is 0.330 e. The number of thiazole rings is 2. The first-order valence-corrected chi connectivity index (χ1v) is 47.7. The van der Waals surface area contributed by atoms with Crippen molar-refractivity contribution in [2.75, 3.05) is 104 Å². The van der Waals surface area contributed by atoms with Crippen molar-refractivity contribution in [3.63, 3.8) is 0 Å². The lowest BCUT2D eigenvalue weighted by molar-refractivity contribution is -0.145. The highest BCUT2D eigenvalue weighted by molar-refractivity contribution is 7.22. The number of benzene rings is 6. The van der Waals surface area contributed by atoms with E-state index in [1.807, 2.05) is 60.7 Å². The molecule has 0 bridgehead atoms. The molecule has 0 radical (unpaired) electrons. The van der Waals surface area contributed by atoms with Gasteiger partial charge >= 0.3 is 35.8 Å². The normalized spacial score (nSPS) is 18.1. The minimum atomic E-state index is -0.394. The molecule has 0 amide bonds. The van der Waals surface area contributed by atoms with Gasteiger partial charge in [0.25, 0.3) is 0 Å². The third-order valence-corrected chi connectivity index (χ3v) is 25.6. The van der Waals surface area contributed by atoms with Gasteiger partial charge in [-0.2, -0.15) is 0 Å². The fourth-order valence-corrected chi connectivity index (χ4v) is 18.1. The number of ether oxygens (including phenoxy) is 12. The summed E-state index contributed by atoms with van der Waals surface area (Å²) < 4.78 is 67.2. The predicted octanol–water partition coefficient (Wildman–Crippen LogP) is 22.2. The number of para-hydroxylation sites is 2. The highest BCUT2D eigenvalue weighted by Crippen LogP contribution is 2.42. The van der Waals surface area contributed by atoms with E-state index in [-0.39, 0.29) is 53.7 Å². The molecule has 27 heteroatoms. The number of fused-ring (bicyclic) bond motifs is 2. The first-order valence-electron chi connectivity index (χ1n) is 46.1. The monoisotopic (exact) mass is 1810 g/mol. The first-order chi connectivity index (χ1) is 62.6. The van der Waals surface area contributed by atoms with Crippen LogP contribution in [0.15, 0.2) is 159 Å². The van der Waals surface area contributed by atoms with Crippen molar-refractivity contribution < 1.29 is 90.4 Å². The van der Waals surface area contributed by atoms with Gasteiger partial charge < -0.3 is 79.0 Å². The summed E-state index contributed by atoms with van der Waals surface area (Å²) in [6.45, 7) is 18.6. The van der Waals surface area contributed by atoms with Crippen LogP contribution in [0, 0.1) is 40.9 Å². The Morgan fingerprint density at radius 2 is 0.775 bits per heavy atom. The molecule has 4 aliphatic rings. The second-order valence-electron chi connectivity index (χ2n) is 32.9. The van der Waals surface area contributed by atoms with Gasteiger partial charge in [-0.1, -0.05) is 112 Å². The van der Waals surface area contributed by atoms with Gasteiger partial charge in [-0.05, 0) is 286 Å². The maximum Gasteiger partial charge on any atom is 0.330 e. The predicted molar refractivity (Wildman–Crippen MR) is 509 cm³/mol. The summed E-state index contributed by atoms with van der Waals surface area (Å²) in [5, 5.41) is 16.3. The summed E-state index contributed by atoms with van der Waals surface area (Å²) >= 11 is 3.33. The molecule has 0 atom stereocenters. The molecule has 0 unspecified atom stereocenters. The van der Waals surface area contributed by atoms with Crippen molar-refractivity contribution in [3.8, 4) is 34.5 Å². The minimum absolute atomic E-state index is 0. The molecule has 4 saturated carbocycles. The molecule has 0 spiro atoms. The molecule has 2 heterocycles. The van der Waals surface area contributed by atoms with Crippen LogP contribution in [0.4, 0.5) is 10.3 Å². The molecular weight excluding hydrogens is 1680 g/mol. The van der Waals surface area contributed by atoms with E-state index in [0.717, 1.165) is 128 Å². The Hall–Kier alpha value is -10.3. The van der Waals surface area contributed by atoms with Crippen molar-refractivity contribution in [2.24, 2.45) is 35.5 Å². The van der Waals surface area contributed by atoms with Crippen molar-refractivity contribution in [2.45, 2.75) is 205 Å². The van der Waals surface area contributed by atoms with Gasteiger partial charge in [-0.3, -0.25) is 24.0 Å². The van der Waals surface area contributed by atoms with E-state index in [1.54, 1.807) is 91.5 Å². The minimum Gasteiger partial charge on any atom is -0.494 e. The number of methoxy groups -OCH3 is 2. The van der Waals surface area contributed by atoms with E-state index in [4.69, 9.17) is 62.3 Å². The number of nitrogens with zero attached hydrogens (tertiary/aromatic N) is 2. The number of anilines is 2. The van der Waals surface area contributed by atoms with E-state index in [1.165, 1.54) is 91.5 Å². The number of hydrogen-bond acceptors (Lipinski definition) is 27. The molecule has 8 aromatic rings. The van der Waals surface area contributed by atoms with Crippen molar-refractivity contribution in [3.05, 3.63) is 181 Å². The average molecular weight is 1810 g/mol. The molecule has 6 aromatic carbocycles. The third kappa shape index (κ3) is 37.3. The molecule has 12 rings (SSSR count). The molecule has 25 nitrogen and oxygen atoms in total. The Morgan fingerprint density at radius 3 is 1.13 bits per heavy atom. The van der Waals surface area contributed by atoms with E-state index in [9.17, 15) is 33.6 Å². The Balaban J connectivity index is 0.000000233. The lowest BCUT2D eigenvalue weighted by Gasteiger charge is -2.29. The number of unbranched alkanes of at least 4 members (excludes halogenated alkanes) is 6. The van der Waals surface area contributed by atoms with Gasteiger partial charge in [-0.15, -0.1) is 0 Å². The summed E-state index contributed by atoms with van der Waals surface area (Å²) in [6, 6.07) is 41.9. The molecule has 700 valence electrons. The van der Waals surface area contributed by atoms with E-state index in [0.29, 0.717) is 175 Å². The fourth-order valence-electron chi connectivity index (χ4n) is 16.3. The number of carbonyl (C=O) groups excluding carboxylic acids is 7. The van der Waals surface area contributed by atoms with Gasteiger partial charge in [0.05, 0.1) is 116 Å². The van der Waals surface area contributed by atoms with Gasteiger partial charge in [0.15, 0.2) is 16.5 Å². The van der Waals surface area contributed by atoms with Crippen LogP contribution in [0.25, 0.3) is 20.4 Å². The summed E-state index contributed by atoms with van der Waals surface area (Å²) in [6.07, 6.45) is 30.6. The zero-order valence-electron chi connectivity index (χ0n) is 76.0. The number of aldehydes is 1. The number of rotatable bonds is 48. The quantitative estimate of drug-likeness (QED) is 0.00687. The lowest BCUT2D eigenvalue weighted by Crippen LogP contribution is -2.30. The van der Waals surface area contributed by atoms with Crippen LogP contribution in [0.2, 0.25) is 0 Å². The first kappa shape index (κ1) is 104. The Bertz CT molecular complexity index is 4300. The average Bonchev–Trinajstić information content (AvgIpc) is 1.45. The van der Waals surface area contributed by atoms with Gasteiger partial charge in [-0.25, -0.2) is 19.6 Å². The zero-order valence-corrected chi connectivity index (χ0v) is 77.6. The van der Waals surface area contributed by atoms with E-state index >= 15 is 0 Å². The number of esters is 6. The summed E-state index contributed by atoms with van der Waals surface area (Å²) in [5.41, 5.74) is 5.52. The second-order valence-corrected chi connectivity index (χ2v) is 35.0. The number of hydrogen-bond donors (Lipinski definition) is 4. The fraction of sp³-hybridized carbons (Fsp3) is 0.510. The molecular formula is C102H136N6O19S2. The van der Waals surface area contributed by atoms with Gasteiger partial charge in [0.1, 0.15) is 34.5 Å². The topological polar surface area (TPSA) is 339 Å². The number of nitrogens with one attached hydrogen (secondary N) is 3. The highest BCUT2D eigenvalue weighted by atomic mass is 32.1. The molecule has 2 aromatic heterocycles. The molecule has 129 heavy (non-hydrogen) atoms. The summed E-state index contributed by atoms with van der Waals surface area (Å²) in [4.78, 5) is 94.7. The zero-order chi connectivity index (χ0) is 90.7. The summed E-state index contributed by atoms with van der Waals surface area (Å²) in [7, 11) is 3.34. The van der Waals surface area contributed by atoms with Crippen molar-refractivity contribution in [1.29, 1.82) is 5.41 Å². The van der Waals surface area contributed by atoms with Crippen molar-refractivity contribution >= 4 is 102 Å². The maximum atomic E-state index is 13.1. The van der Waals surface area contributed by atoms with Crippen LogP contribution in [0.3, 0.4) is 0 Å². The van der Waals surface area contributed by atoms with Crippen LogP contribution in [-0.2, 0) is 57.2 Å². The largest absolute Gasteiger partial charge is 0.494 e. The van der Waals surface area contributed by atoms with Crippen LogP contribution < -0.4 is 45.2 Å². The number of aromatic nitrogens is 2. The van der Waals surface area contributed by atoms with Crippen LogP contribution in [-0.4, -0.2) is 152 Å². The standard InChI is InChI=1S/C39H51NO7.C39H50O8.2C12H16N2O2S.H3N/c2*1-3-9-28-10-12-29(13-11-28)32-18-23-36(33(26-32)27-40)47-39(43)31-16-14-30(15-17-31)38(42)46-35-21-19-34(20-22-35)44-24-7-5-6-8-25-45-37(41)4-2;2*1-15-8-9-16-7-6-13-12-14-10-4-2-3-5-11(10)17-12;/h4,18-23,26-31,40H,2-3,5-17,24-25H2,1H3;4,18-23,26-31H,2-3,5-17,24-25H2,1H3;2*2-5H,6-9H2,1H3,(H,13,14);1H3. The van der Waals surface area contributed by atoms with Crippen LogP contribution in [0.1, 0.15) is 233 Å². The summed E-state index contributed by atoms with van der Waals surface area (Å²) in [5.74, 6) is 2.52. The lowest BCUT2D eigenvalue weighted by atomic mass is 9.77. The Morgan fingerprint density at radius 1 is 0.419 bits per heavy atom. The maximum absolute atomic E-state index is 13.1. The molecule has 0 aliphatic heterocycles. The Labute approximate surface area is 769 Å². The Kier molecular flexibility index (Phi) is 48.3. The van der Waals surface area contributed by atoms with E-state index in [2.05, 4.69) is 65.8 Å². The van der Waals surface area contributed by atoms with Crippen LogP contribution >= 0.6 is 22.7 Å². The molecule has 4 fully saturated rings. The number of carbonyl (C=O) groups is 7. The van der Waals surface area contributed by atoms with Crippen molar-refractivity contribution in [1.82, 2.24) is 16.1 Å². The van der Waals surface area contributed by atoms with Gasteiger partial charge in [0, 0.05) is 51.2 Å². The molecule has 0 saturated heterocycles.